The first-order valence-electron chi connectivity index (χ1n) is 5.39. The predicted molar refractivity (Wildman–Crippen MR) is 57.5 cm³/mol. The van der Waals surface area contributed by atoms with Crippen LogP contribution in [-0.4, -0.2) is 47.1 Å². The number of hydrogen-bond acceptors (Lipinski definition) is 4. The highest BCUT2D eigenvalue weighted by Gasteiger charge is 2.27. The molecule has 100 valence electrons. The zero-order chi connectivity index (χ0) is 13.7. The van der Waals surface area contributed by atoms with E-state index < -0.39 is 23.8 Å². The molecule has 2 rings (SSSR count). The van der Waals surface area contributed by atoms with Crippen LogP contribution in [0, 0.1) is 11.8 Å². The van der Waals surface area contributed by atoms with Crippen LogP contribution >= 0.6 is 0 Å². The monoisotopic (exact) mass is 258 g/mol. The molecule has 0 spiro atoms. The zero-order valence-corrected chi connectivity index (χ0v) is 9.51. The summed E-state index contributed by atoms with van der Waals surface area (Å²) in [6, 6.07) is 0. The van der Waals surface area contributed by atoms with Crippen LogP contribution in [-0.2, 0) is 19.2 Å². The summed E-state index contributed by atoms with van der Waals surface area (Å²) in [7, 11) is 0. The molecule has 0 bridgehead atoms. The molecule has 2 fully saturated rings. The first-order chi connectivity index (χ1) is 8.40. The summed E-state index contributed by atoms with van der Waals surface area (Å²) in [4.78, 5) is 41.1. The molecule has 0 radical (unpaired) electrons. The Labute approximate surface area is 102 Å². The lowest BCUT2D eigenvalue weighted by Crippen LogP contribution is -2.17. The fraction of sp³-hybridized carbons (Fsp3) is 0.600. The molecule has 18 heavy (non-hydrogen) atoms. The second-order valence-corrected chi connectivity index (χ2v) is 4.09. The first kappa shape index (κ1) is 13.9. The maximum atomic E-state index is 10.4. The smallest absolute Gasteiger partial charge is 0.308 e. The number of aliphatic carboxylic acids is 2. The number of carbonyl (C=O) groups is 4. The van der Waals surface area contributed by atoms with Gasteiger partial charge in [0.25, 0.3) is 0 Å². The van der Waals surface area contributed by atoms with Crippen molar-refractivity contribution in [2.45, 2.75) is 12.8 Å². The van der Waals surface area contributed by atoms with Gasteiger partial charge in [0.2, 0.25) is 11.8 Å². The lowest BCUT2D eigenvalue weighted by atomic mass is 10.1. The minimum atomic E-state index is -0.895. The Balaban J connectivity index is 0.000000180. The van der Waals surface area contributed by atoms with E-state index >= 15 is 0 Å². The summed E-state index contributed by atoms with van der Waals surface area (Å²) in [5.41, 5.74) is 0. The number of carboxylic acid groups (broad SMARTS) is 2. The van der Waals surface area contributed by atoms with Crippen LogP contribution in [0.1, 0.15) is 12.8 Å². The molecule has 0 aromatic heterocycles. The van der Waals surface area contributed by atoms with Gasteiger partial charge < -0.3 is 20.8 Å². The van der Waals surface area contributed by atoms with Crippen LogP contribution in [0.4, 0.5) is 0 Å². The maximum Gasteiger partial charge on any atom is 0.308 e. The molecule has 2 heterocycles. The van der Waals surface area contributed by atoms with Gasteiger partial charge >= 0.3 is 11.9 Å². The second-order valence-electron chi connectivity index (χ2n) is 4.09. The Kier molecular flexibility index (Phi) is 4.64. The molecule has 2 aliphatic heterocycles. The SMILES string of the molecule is O=C1C[C@@H](C(=O)O)CN1.O=C1C[C@H](C(=O)O)CN1. The molecule has 8 nitrogen and oxygen atoms in total. The Morgan fingerprint density at radius 2 is 1.22 bits per heavy atom. The Morgan fingerprint density at radius 3 is 1.33 bits per heavy atom. The lowest BCUT2D eigenvalue weighted by molar-refractivity contribution is -0.142. The Morgan fingerprint density at radius 1 is 0.889 bits per heavy atom. The predicted octanol–water partition coefficient (Wildman–Crippen LogP) is -1.59. The van der Waals surface area contributed by atoms with Crippen molar-refractivity contribution in [1.29, 1.82) is 0 Å². The zero-order valence-electron chi connectivity index (χ0n) is 9.51. The van der Waals surface area contributed by atoms with Gasteiger partial charge in [0.15, 0.2) is 0 Å². The molecule has 0 aliphatic carbocycles. The van der Waals surface area contributed by atoms with Gasteiger partial charge in [0, 0.05) is 25.9 Å². The van der Waals surface area contributed by atoms with Crippen LogP contribution in [0.15, 0.2) is 0 Å². The third-order valence-corrected chi connectivity index (χ3v) is 2.65. The van der Waals surface area contributed by atoms with E-state index in [1.807, 2.05) is 0 Å². The van der Waals surface area contributed by atoms with Crippen molar-refractivity contribution in [3.8, 4) is 0 Å². The lowest BCUT2D eigenvalue weighted by Gasteiger charge is -1.95. The molecule has 2 atom stereocenters. The van der Waals surface area contributed by atoms with Crippen molar-refractivity contribution in [2.75, 3.05) is 13.1 Å². The summed E-state index contributed by atoms with van der Waals surface area (Å²) in [5, 5.41) is 21.5. The van der Waals surface area contributed by atoms with Gasteiger partial charge in [-0.15, -0.1) is 0 Å². The van der Waals surface area contributed by atoms with Gasteiger partial charge in [-0.25, -0.2) is 0 Å². The van der Waals surface area contributed by atoms with E-state index in [-0.39, 0.29) is 37.7 Å². The largest absolute Gasteiger partial charge is 0.481 e. The summed E-state index contributed by atoms with van der Waals surface area (Å²) in [6.07, 6.45) is 0.269. The minimum Gasteiger partial charge on any atom is -0.481 e. The van der Waals surface area contributed by atoms with Gasteiger partial charge in [-0.2, -0.15) is 0 Å². The molecular weight excluding hydrogens is 244 g/mol. The third kappa shape index (κ3) is 4.04. The molecule has 0 saturated carbocycles. The van der Waals surface area contributed by atoms with Crippen molar-refractivity contribution in [3.05, 3.63) is 0 Å². The van der Waals surface area contributed by atoms with Crippen LogP contribution in [0.5, 0.6) is 0 Å². The van der Waals surface area contributed by atoms with Crippen LogP contribution in [0.25, 0.3) is 0 Å². The molecule has 2 amide bonds. The fourth-order valence-corrected chi connectivity index (χ4v) is 1.56. The quantitative estimate of drug-likeness (QED) is 0.472. The first-order valence-corrected chi connectivity index (χ1v) is 5.39. The summed E-state index contributed by atoms with van der Waals surface area (Å²) >= 11 is 0. The van der Waals surface area contributed by atoms with Crippen molar-refractivity contribution in [1.82, 2.24) is 10.6 Å². The fourth-order valence-electron chi connectivity index (χ4n) is 1.56. The number of hydrogen-bond donors (Lipinski definition) is 4. The topological polar surface area (TPSA) is 133 Å². The molecule has 0 aromatic carbocycles. The van der Waals surface area contributed by atoms with E-state index in [0.29, 0.717) is 0 Å². The van der Waals surface area contributed by atoms with Crippen molar-refractivity contribution < 1.29 is 29.4 Å². The highest BCUT2D eigenvalue weighted by Crippen LogP contribution is 2.08. The van der Waals surface area contributed by atoms with Crippen LogP contribution < -0.4 is 10.6 Å². The number of carbonyl (C=O) groups excluding carboxylic acids is 2. The van der Waals surface area contributed by atoms with E-state index in [2.05, 4.69) is 10.6 Å². The van der Waals surface area contributed by atoms with Gasteiger partial charge in [0.05, 0.1) is 11.8 Å². The van der Waals surface area contributed by atoms with E-state index in [1.165, 1.54) is 0 Å². The molecule has 2 saturated heterocycles. The Hall–Kier alpha value is -2.12. The van der Waals surface area contributed by atoms with Crippen LogP contribution in [0.3, 0.4) is 0 Å². The molecule has 4 N–H and O–H groups in total. The molecule has 0 unspecified atom stereocenters. The molecule has 0 aromatic rings. The van der Waals surface area contributed by atoms with Gasteiger partial charge in [-0.3, -0.25) is 19.2 Å². The van der Waals surface area contributed by atoms with Crippen LogP contribution in [0.2, 0.25) is 0 Å². The van der Waals surface area contributed by atoms with E-state index in [0.717, 1.165) is 0 Å². The van der Waals surface area contributed by atoms with Gasteiger partial charge in [-0.05, 0) is 0 Å². The number of carboxylic acids is 2. The summed E-state index contributed by atoms with van der Waals surface area (Å²) in [5.74, 6) is -3.12. The number of rotatable bonds is 2. The summed E-state index contributed by atoms with van der Waals surface area (Å²) < 4.78 is 0. The van der Waals surface area contributed by atoms with Gasteiger partial charge in [-0.1, -0.05) is 0 Å². The highest BCUT2D eigenvalue weighted by atomic mass is 16.4. The van der Waals surface area contributed by atoms with E-state index in [4.69, 9.17) is 10.2 Å². The molecular formula is C10H14N2O6. The van der Waals surface area contributed by atoms with Crippen molar-refractivity contribution in [2.24, 2.45) is 11.8 Å². The second kappa shape index (κ2) is 5.99. The summed E-state index contributed by atoms with van der Waals surface area (Å²) in [6.45, 7) is 0.572. The van der Waals surface area contributed by atoms with E-state index in [1.54, 1.807) is 0 Å². The highest BCUT2D eigenvalue weighted by molar-refractivity contribution is 5.86. The third-order valence-electron chi connectivity index (χ3n) is 2.65. The number of amides is 2. The minimum absolute atomic E-state index is 0.134. The molecule has 2 aliphatic rings. The average Bonchev–Trinajstić information content (AvgIpc) is 2.88. The van der Waals surface area contributed by atoms with Crippen molar-refractivity contribution >= 4 is 23.8 Å². The van der Waals surface area contributed by atoms with Crippen molar-refractivity contribution in [3.63, 3.8) is 0 Å². The number of nitrogens with one attached hydrogen (secondary N) is 2. The normalized spacial score (nSPS) is 25.8. The Bertz CT molecular complexity index is 345. The van der Waals surface area contributed by atoms with E-state index in [9.17, 15) is 19.2 Å². The molecule has 8 heteroatoms. The standard InChI is InChI=1S/2C5H7NO3/c2*7-4-1-3(2-6-4)5(8)9/h2*3H,1-2H2,(H,6,7)(H,8,9)/t2*3-/m10/s1. The average molecular weight is 258 g/mol. The maximum absolute atomic E-state index is 10.4. The van der Waals surface area contributed by atoms with Gasteiger partial charge in [0.1, 0.15) is 0 Å².